The quantitative estimate of drug-likeness (QED) is 0.621. The van der Waals surface area contributed by atoms with E-state index >= 15 is 0 Å². The Hall–Kier alpha value is -3.47. The van der Waals surface area contributed by atoms with Crippen LogP contribution in [-0.4, -0.2) is 25.0 Å². The van der Waals surface area contributed by atoms with Crippen LogP contribution in [0.25, 0.3) is 11.1 Å². The topological polar surface area (TPSA) is 55.4 Å². The number of carbonyl (C=O) groups is 2. The fraction of sp³-hybridized carbons (Fsp3) is 0.167. The number of benzene rings is 3. The first kappa shape index (κ1) is 20.3. The summed E-state index contributed by atoms with van der Waals surface area (Å²) in [5.41, 5.74) is 3.61. The molecule has 0 aliphatic carbocycles. The molecule has 1 amide bonds. The molecule has 1 atom stereocenters. The molecular weight excluding hydrogens is 369 g/mol. The zero-order valence-corrected chi connectivity index (χ0v) is 16.1. The van der Waals surface area contributed by atoms with Gasteiger partial charge in [0.25, 0.3) is 0 Å². The van der Waals surface area contributed by atoms with Crippen LogP contribution >= 0.6 is 0 Å². The molecule has 0 saturated heterocycles. The molecule has 3 rings (SSSR count). The minimum Gasteiger partial charge on any atom is -0.467 e. The Balaban J connectivity index is 1.67. The van der Waals surface area contributed by atoms with Gasteiger partial charge in [0.15, 0.2) is 0 Å². The number of halogens is 1. The fourth-order valence-electron chi connectivity index (χ4n) is 3.11. The zero-order valence-electron chi connectivity index (χ0n) is 16.1. The van der Waals surface area contributed by atoms with Crippen molar-refractivity contribution in [1.82, 2.24) is 5.32 Å². The molecule has 0 saturated carbocycles. The Morgan fingerprint density at radius 1 is 0.897 bits per heavy atom. The van der Waals surface area contributed by atoms with Gasteiger partial charge in [-0.05, 0) is 34.4 Å². The summed E-state index contributed by atoms with van der Waals surface area (Å²) in [6.07, 6.45) is 0.287. The second-order valence-electron chi connectivity index (χ2n) is 6.72. The zero-order chi connectivity index (χ0) is 20.6. The Kier molecular flexibility index (Phi) is 6.74. The molecule has 0 fully saturated rings. The molecule has 148 valence electrons. The van der Waals surface area contributed by atoms with Crippen LogP contribution < -0.4 is 5.32 Å². The van der Waals surface area contributed by atoms with E-state index < -0.39 is 17.8 Å². The molecule has 0 spiro atoms. The number of ether oxygens (including phenoxy) is 1. The third-order valence-corrected chi connectivity index (χ3v) is 4.58. The minimum atomic E-state index is -0.816. The monoisotopic (exact) mass is 391 g/mol. The van der Waals surface area contributed by atoms with Crippen molar-refractivity contribution in [3.63, 3.8) is 0 Å². The highest BCUT2D eigenvalue weighted by Crippen LogP contribution is 2.20. The third-order valence-electron chi connectivity index (χ3n) is 4.58. The Morgan fingerprint density at radius 3 is 2.24 bits per heavy atom. The summed E-state index contributed by atoms with van der Waals surface area (Å²) in [5.74, 6) is -1.30. The summed E-state index contributed by atoms with van der Waals surface area (Å²) in [6.45, 7) is 0. The number of carbonyl (C=O) groups excluding carboxylic acids is 2. The van der Waals surface area contributed by atoms with Gasteiger partial charge in [0.05, 0.1) is 13.5 Å². The maximum absolute atomic E-state index is 13.3. The maximum Gasteiger partial charge on any atom is 0.328 e. The normalized spacial score (nSPS) is 11.5. The van der Waals surface area contributed by atoms with Gasteiger partial charge in [0, 0.05) is 6.42 Å². The molecule has 3 aromatic carbocycles. The Bertz CT molecular complexity index is 971. The lowest BCUT2D eigenvalue weighted by Crippen LogP contribution is -2.43. The average Bonchev–Trinajstić information content (AvgIpc) is 2.74. The van der Waals surface area contributed by atoms with Crippen molar-refractivity contribution in [1.29, 1.82) is 0 Å². The standard InChI is InChI=1S/C24H22FNO3/c1-29-24(28)22(26-23(27)16-18-6-5-9-21(25)14-18)15-17-10-12-20(13-11-17)19-7-3-2-4-8-19/h2-14,22H,15-16H2,1H3,(H,26,27)/t22-/m1/s1. The first-order valence-electron chi connectivity index (χ1n) is 9.31. The molecule has 0 aliphatic rings. The SMILES string of the molecule is COC(=O)[C@@H](Cc1ccc(-c2ccccc2)cc1)NC(=O)Cc1cccc(F)c1. The molecule has 4 nitrogen and oxygen atoms in total. The summed E-state index contributed by atoms with van der Waals surface area (Å²) >= 11 is 0. The van der Waals surface area contributed by atoms with E-state index in [0.29, 0.717) is 12.0 Å². The van der Waals surface area contributed by atoms with E-state index in [0.717, 1.165) is 16.7 Å². The van der Waals surface area contributed by atoms with Gasteiger partial charge in [-0.2, -0.15) is 0 Å². The van der Waals surface area contributed by atoms with Gasteiger partial charge in [-0.1, -0.05) is 66.7 Å². The molecule has 29 heavy (non-hydrogen) atoms. The van der Waals surface area contributed by atoms with E-state index in [4.69, 9.17) is 4.74 Å². The van der Waals surface area contributed by atoms with E-state index in [-0.39, 0.29) is 12.3 Å². The van der Waals surface area contributed by atoms with E-state index in [2.05, 4.69) is 5.32 Å². The second kappa shape index (κ2) is 9.64. The third kappa shape index (κ3) is 5.75. The molecule has 0 heterocycles. The number of hydrogen-bond acceptors (Lipinski definition) is 3. The first-order chi connectivity index (χ1) is 14.0. The number of hydrogen-bond donors (Lipinski definition) is 1. The Labute approximate surface area is 169 Å². The molecule has 3 aromatic rings. The largest absolute Gasteiger partial charge is 0.467 e. The predicted molar refractivity (Wildman–Crippen MR) is 110 cm³/mol. The lowest BCUT2D eigenvalue weighted by molar-refractivity contribution is -0.145. The summed E-state index contributed by atoms with van der Waals surface area (Å²) < 4.78 is 18.1. The van der Waals surface area contributed by atoms with Crippen molar-refractivity contribution in [2.24, 2.45) is 0 Å². The molecular formula is C24H22FNO3. The van der Waals surface area contributed by atoms with Crippen molar-refractivity contribution in [3.05, 3.63) is 95.8 Å². The van der Waals surface area contributed by atoms with E-state index in [1.165, 1.54) is 19.2 Å². The van der Waals surface area contributed by atoms with E-state index in [1.54, 1.807) is 12.1 Å². The first-order valence-corrected chi connectivity index (χ1v) is 9.31. The molecule has 1 N–H and O–H groups in total. The number of methoxy groups -OCH3 is 1. The van der Waals surface area contributed by atoms with Gasteiger partial charge in [0.1, 0.15) is 11.9 Å². The number of amides is 1. The van der Waals surface area contributed by atoms with E-state index in [9.17, 15) is 14.0 Å². The van der Waals surface area contributed by atoms with Gasteiger partial charge in [-0.3, -0.25) is 4.79 Å². The summed E-state index contributed by atoms with van der Waals surface area (Å²) in [6, 6.07) is 22.8. The van der Waals surface area contributed by atoms with Crippen molar-refractivity contribution in [2.45, 2.75) is 18.9 Å². The molecule has 0 aliphatic heterocycles. The van der Waals surface area contributed by atoms with Crippen LogP contribution in [0.3, 0.4) is 0 Å². The summed E-state index contributed by atoms with van der Waals surface area (Å²) in [4.78, 5) is 24.5. The van der Waals surface area contributed by atoms with Gasteiger partial charge >= 0.3 is 5.97 Å². The van der Waals surface area contributed by atoms with Gasteiger partial charge in [0.2, 0.25) is 5.91 Å². The minimum absolute atomic E-state index is 0.0157. The predicted octanol–water partition coefficient (Wildman–Crippen LogP) is 3.94. The maximum atomic E-state index is 13.3. The Morgan fingerprint density at radius 2 is 1.59 bits per heavy atom. The van der Waals surface area contributed by atoms with Crippen molar-refractivity contribution < 1.29 is 18.7 Å². The van der Waals surface area contributed by atoms with Crippen LogP contribution in [0.4, 0.5) is 4.39 Å². The lowest BCUT2D eigenvalue weighted by atomic mass is 10.0. The summed E-state index contributed by atoms with van der Waals surface area (Å²) in [7, 11) is 1.28. The molecule has 0 bridgehead atoms. The van der Waals surface area contributed by atoms with Gasteiger partial charge in [-0.15, -0.1) is 0 Å². The highest BCUT2D eigenvalue weighted by atomic mass is 19.1. The van der Waals surface area contributed by atoms with Crippen LogP contribution in [-0.2, 0) is 27.2 Å². The van der Waals surface area contributed by atoms with Crippen LogP contribution in [0.5, 0.6) is 0 Å². The molecule has 0 unspecified atom stereocenters. The molecule has 0 aromatic heterocycles. The number of rotatable bonds is 7. The van der Waals surface area contributed by atoms with Crippen LogP contribution in [0.1, 0.15) is 11.1 Å². The van der Waals surface area contributed by atoms with Gasteiger partial charge in [-0.25, -0.2) is 9.18 Å². The molecule has 0 radical (unpaired) electrons. The highest BCUT2D eigenvalue weighted by molar-refractivity contribution is 5.85. The fourth-order valence-corrected chi connectivity index (χ4v) is 3.11. The van der Waals surface area contributed by atoms with Crippen LogP contribution in [0.15, 0.2) is 78.9 Å². The van der Waals surface area contributed by atoms with Crippen molar-refractivity contribution >= 4 is 11.9 Å². The number of esters is 1. The van der Waals surface area contributed by atoms with Crippen LogP contribution in [0.2, 0.25) is 0 Å². The summed E-state index contributed by atoms with van der Waals surface area (Å²) in [5, 5.41) is 2.69. The highest BCUT2D eigenvalue weighted by Gasteiger charge is 2.22. The number of nitrogens with one attached hydrogen (secondary N) is 1. The lowest BCUT2D eigenvalue weighted by Gasteiger charge is -2.17. The van der Waals surface area contributed by atoms with Crippen molar-refractivity contribution in [2.75, 3.05) is 7.11 Å². The van der Waals surface area contributed by atoms with Crippen LogP contribution in [0, 0.1) is 5.82 Å². The van der Waals surface area contributed by atoms with E-state index in [1.807, 2.05) is 54.6 Å². The second-order valence-corrected chi connectivity index (χ2v) is 6.72. The van der Waals surface area contributed by atoms with Crippen molar-refractivity contribution in [3.8, 4) is 11.1 Å². The van der Waals surface area contributed by atoms with Gasteiger partial charge < -0.3 is 10.1 Å². The average molecular weight is 391 g/mol. The molecule has 5 heteroatoms. The smallest absolute Gasteiger partial charge is 0.328 e.